The molecule has 0 aliphatic heterocycles. The largest absolute Gasteiger partial charge is 0.496 e. The first-order valence-electron chi connectivity index (χ1n) is 9.07. The summed E-state index contributed by atoms with van der Waals surface area (Å²) in [5.41, 5.74) is 3.10. The summed E-state index contributed by atoms with van der Waals surface area (Å²) in [4.78, 5) is 4.81. The second kappa shape index (κ2) is 10.1. The zero-order valence-electron chi connectivity index (χ0n) is 16.7. The number of rotatable bonds is 8. The fourth-order valence-electron chi connectivity index (χ4n) is 2.58. The van der Waals surface area contributed by atoms with E-state index in [4.69, 9.17) is 4.74 Å². The van der Waals surface area contributed by atoms with E-state index in [0.29, 0.717) is 19.0 Å². The first-order chi connectivity index (χ1) is 13.4. The van der Waals surface area contributed by atoms with Crippen molar-refractivity contribution in [3.05, 3.63) is 59.2 Å². The monoisotopic (exact) mass is 404 g/mol. The number of benzene rings is 2. The van der Waals surface area contributed by atoms with Crippen LogP contribution < -0.4 is 20.1 Å². The van der Waals surface area contributed by atoms with E-state index in [1.807, 2.05) is 32.0 Å². The summed E-state index contributed by atoms with van der Waals surface area (Å²) in [6, 6.07) is 12.8. The van der Waals surface area contributed by atoms with Gasteiger partial charge >= 0.3 is 0 Å². The molecule has 7 nitrogen and oxygen atoms in total. The van der Waals surface area contributed by atoms with Crippen LogP contribution in [0.4, 0.5) is 0 Å². The molecular weight excluding hydrogens is 376 g/mol. The molecule has 0 unspecified atom stereocenters. The van der Waals surface area contributed by atoms with Gasteiger partial charge < -0.3 is 15.4 Å². The van der Waals surface area contributed by atoms with Crippen molar-refractivity contribution in [2.24, 2.45) is 4.99 Å². The second-order valence-corrected chi connectivity index (χ2v) is 8.10. The van der Waals surface area contributed by atoms with E-state index in [1.54, 1.807) is 31.4 Å². The van der Waals surface area contributed by atoms with E-state index in [9.17, 15) is 8.42 Å². The van der Waals surface area contributed by atoms with Crippen LogP contribution in [0.5, 0.6) is 5.75 Å². The third-order valence-corrected chi connectivity index (χ3v) is 5.59. The molecule has 2 aromatic rings. The molecule has 0 amide bonds. The highest BCUT2D eigenvalue weighted by molar-refractivity contribution is 7.89. The number of hydrogen-bond acceptors (Lipinski definition) is 4. The predicted molar refractivity (Wildman–Crippen MR) is 112 cm³/mol. The van der Waals surface area contributed by atoms with E-state index in [0.717, 1.165) is 29.0 Å². The van der Waals surface area contributed by atoms with Gasteiger partial charge in [0, 0.05) is 18.7 Å². The highest BCUT2D eigenvalue weighted by Gasteiger charge is 2.10. The van der Waals surface area contributed by atoms with Crippen LogP contribution in [0, 0.1) is 6.92 Å². The quantitative estimate of drug-likeness (QED) is 0.463. The minimum Gasteiger partial charge on any atom is -0.496 e. The van der Waals surface area contributed by atoms with Gasteiger partial charge in [0.25, 0.3) is 0 Å². The summed E-state index contributed by atoms with van der Waals surface area (Å²) in [6.07, 6.45) is 0. The van der Waals surface area contributed by atoms with Crippen molar-refractivity contribution in [3.8, 4) is 5.75 Å². The zero-order valence-corrected chi connectivity index (χ0v) is 17.6. The standard InChI is InChI=1S/C20H28N4O3S/c1-5-22-20(24-14-17-9-6-15(2)12-19(17)27-4)23-13-16-7-10-18(11-8-16)28(25,26)21-3/h6-12,21H,5,13-14H2,1-4H3,(H2,22,23,24). The van der Waals surface area contributed by atoms with Crippen LogP contribution in [-0.2, 0) is 23.1 Å². The highest BCUT2D eigenvalue weighted by Crippen LogP contribution is 2.19. The van der Waals surface area contributed by atoms with Gasteiger partial charge in [0.1, 0.15) is 5.75 Å². The Kier molecular flexibility index (Phi) is 7.83. The number of nitrogens with zero attached hydrogens (tertiary/aromatic N) is 1. The average Bonchev–Trinajstić information content (AvgIpc) is 2.71. The summed E-state index contributed by atoms with van der Waals surface area (Å²) in [5.74, 6) is 1.52. The van der Waals surface area contributed by atoms with Crippen LogP contribution in [0.2, 0.25) is 0 Å². The molecule has 2 aromatic carbocycles. The number of sulfonamides is 1. The van der Waals surface area contributed by atoms with E-state index >= 15 is 0 Å². The van der Waals surface area contributed by atoms with Crippen molar-refractivity contribution in [1.82, 2.24) is 15.4 Å². The number of aryl methyl sites for hydroxylation is 1. The lowest BCUT2D eigenvalue weighted by atomic mass is 10.1. The molecule has 0 heterocycles. The molecular formula is C20H28N4O3S. The van der Waals surface area contributed by atoms with Crippen molar-refractivity contribution >= 4 is 16.0 Å². The van der Waals surface area contributed by atoms with E-state index in [2.05, 4.69) is 20.3 Å². The van der Waals surface area contributed by atoms with Gasteiger partial charge in [-0.25, -0.2) is 18.1 Å². The van der Waals surface area contributed by atoms with Crippen molar-refractivity contribution < 1.29 is 13.2 Å². The fourth-order valence-corrected chi connectivity index (χ4v) is 3.31. The average molecular weight is 405 g/mol. The van der Waals surface area contributed by atoms with Gasteiger partial charge in [-0.1, -0.05) is 24.3 Å². The first-order valence-corrected chi connectivity index (χ1v) is 10.6. The number of ether oxygens (including phenoxy) is 1. The first kappa shape index (κ1) is 21.7. The van der Waals surface area contributed by atoms with Crippen LogP contribution in [0.15, 0.2) is 52.4 Å². The van der Waals surface area contributed by atoms with Crippen molar-refractivity contribution in [3.63, 3.8) is 0 Å². The van der Waals surface area contributed by atoms with Crippen LogP contribution >= 0.6 is 0 Å². The molecule has 3 N–H and O–H groups in total. The fraction of sp³-hybridized carbons (Fsp3) is 0.350. The molecule has 2 rings (SSSR count). The highest BCUT2D eigenvalue weighted by atomic mass is 32.2. The predicted octanol–water partition coefficient (Wildman–Crippen LogP) is 2.17. The number of nitrogens with one attached hydrogen (secondary N) is 3. The van der Waals surface area contributed by atoms with Crippen molar-refractivity contribution in [2.45, 2.75) is 31.8 Å². The molecule has 0 spiro atoms. The number of guanidine groups is 1. The number of aliphatic imine (C=N–C) groups is 1. The van der Waals surface area contributed by atoms with Crippen LogP contribution in [0.25, 0.3) is 0 Å². The number of methoxy groups -OCH3 is 1. The summed E-state index contributed by atoms with van der Waals surface area (Å²) < 4.78 is 31.3. The van der Waals surface area contributed by atoms with Gasteiger partial charge in [-0.05, 0) is 50.2 Å². The summed E-state index contributed by atoms with van der Waals surface area (Å²) in [5, 5.41) is 6.51. The molecule has 0 saturated heterocycles. The van der Waals surface area contributed by atoms with E-state index in [-0.39, 0.29) is 4.90 Å². The van der Waals surface area contributed by atoms with Gasteiger partial charge in [0.05, 0.1) is 18.6 Å². The molecule has 0 radical (unpaired) electrons. The molecule has 0 aliphatic carbocycles. The maximum absolute atomic E-state index is 11.8. The third kappa shape index (κ3) is 5.97. The Morgan fingerprint density at radius 2 is 1.82 bits per heavy atom. The maximum atomic E-state index is 11.8. The lowest BCUT2D eigenvalue weighted by Crippen LogP contribution is -2.36. The summed E-state index contributed by atoms with van der Waals surface area (Å²) in [6.45, 7) is 5.77. The Morgan fingerprint density at radius 3 is 2.43 bits per heavy atom. The van der Waals surface area contributed by atoms with Gasteiger partial charge in [-0.3, -0.25) is 0 Å². The zero-order chi connectivity index (χ0) is 20.6. The smallest absolute Gasteiger partial charge is 0.240 e. The van der Waals surface area contributed by atoms with Gasteiger partial charge in [-0.15, -0.1) is 0 Å². The molecule has 0 aromatic heterocycles. The Balaban J connectivity index is 2.06. The van der Waals surface area contributed by atoms with Gasteiger partial charge in [0.15, 0.2) is 5.96 Å². The van der Waals surface area contributed by atoms with Gasteiger partial charge in [-0.2, -0.15) is 0 Å². The Hall–Kier alpha value is -2.58. The normalized spacial score (nSPS) is 11.9. The van der Waals surface area contributed by atoms with E-state index < -0.39 is 10.0 Å². The molecule has 8 heteroatoms. The minimum atomic E-state index is -3.43. The topological polar surface area (TPSA) is 91.8 Å². The third-order valence-electron chi connectivity index (χ3n) is 4.16. The van der Waals surface area contributed by atoms with Crippen LogP contribution in [0.3, 0.4) is 0 Å². The molecule has 0 aliphatic rings. The Labute approximate surface area is 167 Å². The maximum Gasteiger partial charge on any atom is 0.240 e. The minimum absolute atomic E-state index is 0.235. The van der Waals surface area contributed by atoms with Crippen molar-refractivity contribution in [2.75, 3.05) is 20.7 Å². The van der Waals surface area contributed by atoms with Crippen molar-refractivity contribution in [1.29, 1.82) is 0 Å². The van der Waals surface area contributed by atoms with Crippen LogP contribution in [0.1, 0.15) is 23.6 Å². The molecule has 0 fully saturated rings. The molecule has 28 heavy (non-hydrogen) atoms. The molecule has 0 saturated carbocycles. The molecule has 152 valence electrons. The van der Waals surface area contributed by atoms with Gasteiger partial charge in [0.2, 0.25) is 10.0 Å². The molecule has 0 atom stereocenters. The van der Waals surface area contributed by atoms with Crippen LogP contribution in [-0.4, -0.2) is 35.1 Å². The summed E-state index contributed by atoms with van der Waals surface area (Å²) in [7, 11) is -0.370. The van der Waals surface area contributed by atoms with E-state index in [1.165, 1.54) is 7.05 Å². The second-order valence-electron chi connectivity index (χ2n) is 6.22. The number of hydrogen-bond donors (Lipinski definition) is 3. The Bertz CT molecular complexity index is 910. The lowest BCUT2D eigenvalue weighted by molar-refractivity contribution is 0.408. The lowest BCUT2D eigenvalue weighted by Gasteiger charge is -2.14. The molecule has 0 bridgehead atoms. The SMILES string of the molecule is CCNC(=NCc1ccc(S(=O)(=O)NC)cc1)NCc1ccc(C)cc1OC. The summed E-state index contributed by atoms with van der Waals surface area (Å²) >= 11 is 0. The Morgan fingerprint density at radius 1 is 1.11 bits per heavy atom.